The molecule has 4 heteroatoms. The molecule has 0 amide bonds. The van der Waals surface area contributed by atoms with E-state index in [0.29, 0.717) is 0 Å². The van der Waals surface area contributed by atoms with Crippen LogP contribution in [0.15, 0.2) is 0 Å². The molecule has 1 atom stereocenters. The van der Waals surface area contributed by atoms with Gasteiger partial charge in [0.2, 0.25) is 0 Å². The van der Waals surface area contributed by atoms with Crippen molar-refractivity contribution in [2.45, 2.75) is 25.7 Å². The summed E-state index contributed by atoms with van der Waals surface area (Å²) in [6, 6.07) is 0. The van der Waals surface area contributed by atoms with Gasteiger partial charge in [-0.1, -0.05) is 0 Å². The third-order valence-corrected chi connectivity index (χ3v) is 4.72. The maximum Gasteiger partial charge on any atom is 0.308 e. The second kappa shape index (κ2) is 4.25. The average Bonchev–Trinajstić information content (AvgIpc) is 3.03. The van der Waals surface area contributed by atoms with Crippen molar-refractivity contribution in [1.82, 2.24) is 4.90 Å². The van der Waals surface area contributed by atoms with E-state index in [9.17, 15) is 9.90 Å². The summed E-state index contributed by atoms with van der Waals surface area (Å²) < 4.78 is 5.40. The Hall–Kier alpha value is -0.610. The van der Waals surface area contributed by atoms with E-state index in [4.69, 9.17) is 4.74 Å². The normalized spacial score (nSPS) is 33.1. The van der Waals surface area contributed by atoms with Gasteiger partial charge >= 0.3 is 5.97 Å². The molecule has 0 aromatic carbocycles. The third kappa shape index (κ3) is 2.20. The lowest BCUT2D eigenvalue weighted by Gasteiger charge is -2.36. The fourth-order valence-electron chi connectivity index (χ4n) is 3.50. The molecule has 4 nitrogen and oxygen atoms in total. The molecule has 0 aromatic heterocycles. The van der Waals surface area contributed by atoms with E-state index in [0.717, 1.165) is 51.6 Å². The molecular formula is C13H21NO3. The lowest BCUT2D eigenvalue weighted by molar-refractivity contribution is -0.146. The van der Waals surface area contributed by atoms with Gasteiger partial charge in [0.15, 0.2) is 0 Å². The summed E-state index contributed by atoms with van der Waals surface area (Å²) in [7, 11) is 0. The Morgan fingerprint density at radius 1 is 1.35 bits per heavy atom. The molecule has 0 radical (unpaired) electrons. The van der Waals surface area contributed by atoms with Crippen molar-refractivity contribution in [3.63, 3.8) is 0 Å². The van der Waals surface area contributed by atoms with Crippen LogP contribution in [0.25, 0.3) is 0 Å². The fraction of sp³-hybridized carbons (Fsp3) is 0.923. The second-order valence-corrected chi connectivity index (χ2v) is 6.00. The van der Waals surface area contributed by atoms with Gasteiger partial charge in [0, 0.05) is 38.3 Å². The molecule has 2 heterocycles. The summed E-state index contributed by atoms with van der Waals surface area (Å²) in [4.78, 5) is 13.8. The molecule has 0 bridgehead atoms. The molecule has 1 spiro atoms. The van der Waals surface area contributed by atoms with E-state index in [2.05, 4.69) is 4.90 Å². The predicted octanol–water partition coefficient (Wildman–Crippen LogP) is 1.21. The number of carbonyl (C=O) groups is 1. The van der Waals surface area contributed by atoms with E-state index in [1.807, 2.05) is 0 Å². The Bertz CT molecular complexity index is 308. The highest BCUT2D eigenvalue weighted by atomic mass is 16.5. The zero-order chi connectivity index (χ0) is 11.9. The molecule has 3 rings (SSSR count). The van der Waals surface area contributed by atoms with Crippen molar-refractivity contribution >= 4 is 5.97 Å². The average molecular weight is 239 g/mol. The van der Waals surface area contributed by atoms with Crippen LogP contribution in [0.2, 0.25) is 0 Å². The van der Waals surface area contributed by atoms with Crippen LogP contribution in [0, 0.1) is 17.3 Å². The number of hydrogen-bond acceptors (Lipinski definition) is 3. The van der Waals surface area contributed by atoms with Gasteiger partial charge in [-0.15, -0.1) is 0 Å². The summed E-state index contributed by atoms with van der Waals surface area (Å²) in [5, 5.41) is 9.43. The van der Waals surface area contributed by atoms with Crippen LogP contribution in [-0.2, 0) is 9.53 Å². The molecule has 2 saturated heterocycles. The quantitative estimate of drug-likeness (QED) is 0.804. The van der Waals surface area contributed by atoms with Crippen molar-refractivity contribution in [3.05, 3.63) is 0 Å². The van der Waals surface area contributed by atoms with Gasteiger partial charge < -0.3 is 14.7 Å². The highest BCUT2D eigenvalue weighted by Crippen LogP contribution is 2.45. The minimum absolute atomic E-state index is 0.00102. The number of ether oxygens (including phenoxy) is 1. The maximum absolute atomic E-state index is 11.5. The first kappa shape index (κ1) is 11.5. The van der Waals surface area contributed by atoms with Gasteiger partial charge in [-0.3, -0.25) is 4.79 Å². The number of hydrogen-bond donors (Lipinski definition) is 1. The van der Waals surface area contributed by atoms with Crippen LogP contribution in [0.4, 0.5) is 0 Å². The van der Waals surface area contributed by atoms with Crippen LogP contribution >= 0.6 is 0 Å². The summed E-state index contributed by atoms with van der Waals surface area (Å²) in [5.41, 5.74) is -0.00102. The Kier molecular flexibility index (Phi) is 2.87. The molecule has 3 fully saturated rings. The monoisotopic (exact) mass is 239 g/mol. The minimum atomic E-state index is -0.606. The van der Waals surface area contributed by atoms with Crippen LogP contribution in [0.3, 0.4) is 0 Å². The first-order valence-corrected chi connectivity index (χ1v) is 6.72. The number of carboxylic acid groups (broad SMARTS) is 1. The summed E-state index contributed by atoms with van der Waals surface area (Å²) >= 11 is 0. The predicted molar refractivity (Wildman–Crippen MR) is 62.8 cm³/mol. The van der Waals surface area contributed by atoms with E-state index in [-0.39, 0.29) is 11.3 Å². The number of aliphatic carboxylic acids is 1. The van der Waals surface area contributed by atoms with Crippen molar-refractivity contribution in [1.29, 1.82) is 0 Å². The molecule has 1 N–H and O–H groups in total. The Morgan fingerprint density at radius 3 is 2.65 bits per heavy atom. The molecule has 1 aliphatic carbocycles. The van der Waals surface area contributed by atoms with Gasteiger partial charge in [0.25, 0.3) is 0 Å². The zero-order valence-electron chi connectivity index (χ0n) is 10.2. The Morgan fingerprint density at radius 2 is 2.06 bits per heavy atom. The van der Waals surface area contributed by atoms with Gasteiger partial charge in [-0.05, 0) is 31.6 Å². The number of rotatable bonds is 3. The van der Waals surface area contributed by atoms with Crippen LogP contribution in [0.1, 0.15) is 25.7 Å². The zero-order valence-corrected chi connectivity index (χ0v) is 10.2. The number of likely N-dealkylation sites (tertiary alicyclic amines) is 1. The second-order valence-electron chi connectivity index (χ2n) is 6.00. The van der Waals surface area contributed by atoms with E-state index in [1.165, 1.54) is 12.8 Å². The number of carboxylic acids is 1. The third-order valence-electron chi connectivity index (χ3n) is 4.72. The molecule has 3 aliphatic rings. The first-order valence-electron chi connectivity index (χ1n) is 6.72. The van der Waals surface area contributed by atoms with Crippen molar-refractivity contribution < 1.29 is 14.6 Å². The van der Waals surface area contributed by atoms with Crippen LogP contribution in [0.5, 0.6) is 0 Å². The number of nitrogens with zero attached hydrogens (tertiary/aromatic N) is 1. The molecule has 0 unspecified atom stereocenters. The van der Waals surface area contributed by atoms with Gasteiger partial charge in [-0.25, -0.2) is 0 Å². The SMILES string of the molecule is O=C(O)[C@H]1CN(CC2CC2)CC12CCOCC2. The summed E-state index contributed by atoms with van der Waals surface area (Å²) in [6.07, 6.45) is 4.52. The maximum atomic E-state index is 11.5. The van der Waals surface area contributed by atoms with Crippen molar-refractivity contribution in [3.8, 4) is 0 Å². The topological polar surface area (TPSA) is 49.8 Å². The smallest absolute Gasteiger partial charge is 0.308 e. The molecule has 96 valence electrons. The molecule has 0 aromatic rings. The van der Waals surface area contributed by atoms with Gasteiger partial charge in [0.1, 0.15) is 0 Å². The first-order chi connectivity index (χ1) is 8.20. The lowest BCUT2D eigenvalue weighted by atomic mass is 9.72. The fourth-order valence-corrected chi connectivity index (χ4v) is 3.50. The van der Waals surface area contributed by atoms with E-state index >= 15 is 0 Å². The Balaban J connectivity index is 1.72. The van der Waals surface area contributed by atoms with E-state index in [1.54, 1.807) is 0 Å². The largest absolute Gasteiger partial charge is 0.481 e. The Labute approximate surface area is 102 Å². The van der Waals surface area contributed by atoms with Crippen molar-refractivity contribution in [2.24, 2.45) is 17.3 Å². The minimum Gasteiger partial charge on any atom is -0.481 e. The molecule has 1 saturated carbocycles. The molecule has 17 heavy (non-hydrogen) atoms. The van der Waals surface area contributed by atoms with Crippen molar-refractivity contribution in [2.75, 3.05) is 32.8 Å². The highest BCUT2D eigenvalue weighted by Gasteiger charge is 2.51. The summed E-state index contributed by atoms with van der Waals surface area (Å²) in [6.45, 7) is 4.32. The van der Waals surface area contributed by atoms with Crippen LogP contribution < -0.4 is 0 Å². The standard InChI is InChI=1S/C13H21NO3/c15-12(16)11-8-14(7-10-1-2-10)9-13(11)3-5-17-6-4-13/h10-11H,1-9H2,(H,15,16)/t11-/m1/s1. The summed E-state index contributed by atoms with van der Waals surface area (Å²) in [5.74, 6) is 0.0646. The van der Waals surface area contributed by atoms with Gasteiger partial charge in [-0.2, -0.15) is 0 Å². The van der Waals surface area contributed by atoms with Gasteiger partial charge in [0.05, 0.1) is 5.92 Å². The lowest BCUT2D eigenvalue weighted by Crippen LogP contribution is -2.40. The molecular weight excluding hydrogens is 218 g/mol. The molecule has 2 aliphatic heterocycles. The van der Waals surface area contributed by atoms with E-state index < -0.39 is 5.97 Å². The van der Waals surface area contributed by atoms with Crippen LogP contribution in [-0.4, -0.2) is 48.8 Å². The highest BCUT2D eigenvalue weighted by molar-refractivity contribution is 5.72.